The summed E-state index contributed by atoms with van der Waals surface area (Å²) >= 11 is 6.13. The van der Waals surface area contributed by atoms with E-state index in [1.165, 1.54) is 7.11 Å². The van der Waals surface area contributed by atoms with E-state index in [0.717, 1.165) is 5.30 Å². The molecule has 0 bridgehead atoms. The first-order valence-corrected chi connectivity index (χ1v) is 7.68. The van der Waals surface area contributed by atoms with E-state index >= 15 is 0 Å². The van der Waals surface area contributed by atoms with Crippen LogP contribution in [0.2, 0.25) is 5.02 Å². The van der Waals surface area contributed by atoms with Crippen molar-refractivity contribution in [3.63, 3.8) is 0 Å². The summed E-state index contributed by atoms with van der Waals surface area (Å²) in [5, 5.41) is 13.7. The molecule has 4 nitrogen and oxygen atoms in total. The highest BCUT2D eigenvalue weighted by molar-refractivity contribution is 7.49. The minimum atomic E-state index is -0.161. The molecule has 0 atom stereocenters. The van der Waals surface area contributed by atoms with Gasteiger partial charge in [0.25, 0.3) is 0 Å². The predicted octanol–water partition coefficient (Wildman–Crippen LogP) is 2.48. The fourth-order valence-corrected chi connectivity index (χ4v) is 3.22. The lowest BCUT2D eigenvalue weighted by Crippen LogP contribution is -2.19. The molecule has 0 fully saturated rings. The smallest absolute Gasteiger partial charge is 0.134 e. The van der Waals surface area contributed by atoms with Gasteiger partial charge in [0.15, 0.2) is 0 Å². The molecule has 0 N–H and O–H groups in total. The summed E-state index contributed by atoms with van der Waals surface area (Å²) in [5.41, 5.74) is 0.206. The first kappa shape index (κ1) is 16.6. The van der Waals surface area contributed by atoms with Gasteiger partial charge in [-0.1, -0.05) is 31.4 Å². The average Bonchev–Trinajstić information content (AvgIpc) is 2.54. The third-order valence-corrected chi connectivity index (χ3v) is 4.37. The van der Waals surface area contributed by atoms with Crippen LogP contribution in [0, 0.1) is 0 Å². The average molecular weight is 338 g/mol. The Balaban J connectivity index is 2.50. The van der Waals surface area contributed by atoms with Crippen LogP contribution in [0.1, 0.15) is 5.56 Å². The van der Waals surface area contributed by atoms with Gasteiger partial charge in [-0.3, -0.25) is 0 Å². The molecule has 22 heavy (non-hydrogen) atoms. The molecule has 0 amide bonds. The van der Waals surface area contributed by atoms with Gasteiger partial charge in [0.05, 0.1) is 26.4 Å². The molecule has 0 aliphatic carbocycles. The van der Waals surface area contributed by atoms with E-state index in [2.05, 4.69) is 0 Å². The van der Waals surface area contributed by atoms with Crippen molar-refractivity contribution in [3.05, 3.63) is 47.0 Å². The normalized spacial score (nSPS) is 11.2. The van der Waals surface area contributed by atoms with Gasteiger partial charge < -0.3 is 19.3 Å². The molecule has 0 saturated carbocycles. The number of rotatable bonds is 5. The summed E-state index contributed by atoms with van der Waals surface area (Å²) in [5.74, 6) is 1.71. The highest BCUT2D eigenvalue weighted by Crippen LogP contribution is 2.29. The number of ether oxygens (including phenoxy) is 3. The molecule has 0 aromatic heterocycles. The number of benzene rings is 2. The fraction of sp³-hybridized carbons (Fsp3) is 0.188. The Morgan fingerprint density at radius 2 is 1.73 bits per heavy atom. The third-order valence-electron chi connectivity index (χ3n) is 3.02. The zero-order valence-corrected chi connectivity index (χ0v) is 14.1. The Labute approximate surface area is 136 Å². The van der Waals surface area contributed by atoms with E-state index in [0.29, 0.717) is 36.0 Å². The fourth-order valence-electron chi connectivity index (χ4n) is 1.92. The van der Waals surface area contributed by atoms with Crippen LogP contribution in [0.15, 0.2) is 36.4 Å². The maximum Gasteiger partial charge on any atom is 0.134 e. The summed E-state index contributed by atoms with van der Waals surface area (Å²) < 4.78 is 15.7. The molecule has 0 spiro atoms. The molecule has 2 rings (SSSR count). The first-order valence-electron chi connectivity index (χ1n) is 6.41. The number of methoxy groups -OCH3 is 3. The van der Waals surface area contributed by atoms with Gasteiger partial charge in [-0.15, -0.1) is 0 Å². The lowest BCUT2D eigenvalue weighted by Gasteiger charge is -2.18. The van der Waals surface area contributed by atoms with Gasteiger partial charge in [0.1, 0.15) is 17.2 Å². The maximum absolute atomic E-state index is 12.6. The van der Waals surface area contributed by atoms with Gasteiger partial charge in [-0.25, -0.2) is 0 Å². The highest BCUT2D eigenvalue weighted by Gasteiger charge is 2.08. The number of hydrogen-bond donors (Lipinski definition) is 0. The van der Waals surface area contributed by atoms with E-state index in [-0.39, 0.29) is 5.48 Å². The first-order chi connectivity index (χ1) is 10.6. The van der Waals surface area contributed by atoms with Crippen LogP contribution >= 0.6 is 19.8 Å². The van der Waals surface area contributed by atoms with Crippen molar-refractivity contribution >= 4 is 30.6 Å². The zero-order valence-electron chi connectivity index (χ0n) is 12.4. The Hall–Kier alpha value is -1.74. The molecule has 0 aliphatic rings. The van der Waals surface area contributed by atoms with Crippen molar-refractivity contribution in [3.8, 4) is 17.2 Å². The Morgan fingerprint density at radius 3 is 2.36 bits per heavy atom. The van der Waals surface area contributed by atoms with Crippen molar-refractivity contribution in [2.45, 2.75) is 0 Å². The predicted molar refractivity (Wildman–Crippen MR) is 88.2 cm³/mol. The van der Waals surface area contributed by atoms with Crippen LogP contribution in [0.3, 0.4) is 0 Å². The van der Waals surface area contributed by atoms with Crippen molar-refractivity contribution in [2.75, 3.05) is 21.3 Å². The topological polar surface area (TPSA) is 50.8 Å². The highest BCUT2D eigenvalue weighted by atomic mass is 35.5. The number of hydrogen-bond acceptors (Lipinski definition) is 4. The molecular weight excluding hydrogens is 323 g/mol. The second-order valence-corrected chi connectivity index (χ2v) is 5.79. The van der Waals surface area contributed by atoms with Crippen LogP contribution in [0.4, 0.5) is 0 Å². The van der Waals surface area contributed by atoms with Crippen LogP contribution in [-0.4, -0.2) is 26.8 Å². The third kappa shape index (κ3) is 3.53. The molecule has 2 aromatic rings. The standard InChI is InChI=1S/C16H16ClO4P/c1-19-10-7-8-14(13(9-10)21-3)22-16(18)15-11(17)5-4-6-12(15)20-2/h4-9,18H,1-3H3/p-1. The molecule has 0 heterocycles. The minimum absolute atomic E-state index is 0.161. The van der Waals surface area contributed by atoms with E-state index in [4.69, 9.17) is 25.8 Å². The lowest BCUT2D eigenvalue weighted by atomic mass is 10.2. The maximum atomic E-state index is 12.6. The molecule has 0 unspecified atom stereocenters. The number of halogens is 1. The van der Waals surface area contributed by atoms with E-state index < -0.39 is 0 Å². The van der Waals surface area contributed by atoms with Gasteiger partial charge >= 0.3 is 0 Å². The van der Waals surface area contributed by atoms with Gasteiger partial charge in [-0.2, -0.15) is 0 Å². The second kappa shape index (κ2) is 7.50. The molecule has 0 aliphatic heterocycles. The molecule has 116 valence electrons. The largest absolute Gasteiger partial charge is 0.823 e. The summed E-state index contributed by atoms with van der Waals surface area (Å²) in [7, 11) is 5.08. The van der Waals surface area contributed by atoms with Crippen LogP contribution in [-0.2, 0) is 0 Å². The van der Waals surface area contributed by atoms with Crippen molar-refractivity contribution in [2.24, 2.45) is 0 Å². The second-order valence-electron chi connectivity index (χ2n) is 4.27. The summed E-state index contributed by atoms with van der Waals surface area (Å²) in [6.07, 6.45) is 0. The van der Waals surface area contributed by atoms with Gasteiger partial charge in [0.2, 0.25) is 0 Å². The molecular formula is C16H15ClO4P-. The summed E-state index contributed by atoms with van der Waals surface area (Å²) in [6.45, 7) is 0. The van der Waals surface area contributed by atoms with Crippen LogP contribution in [0.5, 0.6) is 17.2 Å². The van der Waals surface area contributed by atoms with Gasteiger partial charge in [0, 0.05) is 16.9 Å². The van der Waals surface area contributed by atoms with Crippen molar-refractivity contribution in [1.82, 2.24) is 0 Å². The molecule has 2 aromatic carbocycles. The van der Waals surface area contributed by atoms with E-state index in [1.807, 2.05) is 0 Å². The molecule has 0 saturated heterocycles. The Kier molecular flexibility index (Phi) is 5.67. The van der Waals surface area contributed by atoms with E-state index in [1.54, 1.807) is 50.6 Å². The zero-order chi connectivity index (χ0) is 16.1. The van der Waals surface area contributed by atoms with Crippen LogP contribution < -0.4 is 24.6 Å². The van der Waals surface area contributed by atoms with Crippen LogP contribution in [0.25, 0.3) is 0 Å². The Morgan fingerprint density at radius 1 is 1.00 bits per heavy atom. The molecule has 0 radical (unpaired) electrons. The summed E-state index contributed by atoms with van der Waals surface area (Å²) in [4.78, 5) is 0. The molecule has 6 heteroatoms. The minimum Gasteiger partial charge on any atom is -0.823 e. The quantitative estimate of drug-likeness (QED) is 0.787. The lowest BCUT2D eigenvalue weighted by molar-refractivity contribution is -0.207. The summed E-state index contributed by atoms with van der Waals surface area (Å²) in [6, 6.07) is 10.4. The van der Waals surface area contributed by atoms with E-state index in [9.17, 15) is 5.11 Å². The van der Waals surface area contributed by atoms with Crippen molar-refractivity contribution < 1.29 is 19.3 Å². The SMILES string of the molecule is COc1ccc(P=C([O-])c2c(Cl)cccc2OC)c(OC)c1. The monoisotopic (exact) mass is 337 g/mol. The van der Waals surface area contributed by atoms with Gasteiger partial charge in [-0.05, 0) is 24.3 Å². The van der Waals surface area contributed by atoms with Crippen molar-refractivity contribution in [1.29, 1.82) is 0 Å². The Bertz CT molecular complexity index is 701.